The molecule has 1 aliphatic rings. The van der Waals surface area contributed by atoms with Crippen LogP contribution in [0.5, 0.6) is 0 Å². The largest absolute Gasteiger partial charge is 0.392 e. The van der Waals surface area contributed by atoms with Crippen LogP contribution in [0.4, 0.5) is 0 Å². The predicted molar refractivity (Wildman–Crippen MR) is 82.6 cm³/mol. The minimum absolute atomic E-state index is 0.143. The molecule has 7 heteroatoms. The standard InChI is InChI=1S/C13H18ClNO3S2/c14-13-7-12(2-1-11(13)9-16)20(17,18)15-8-10-3-5-19-6-4-10/h1-2,7,10,15-16H,3-6,8-9H2. The van der Waals surface area contributed by atoms with Gasteiger partial charge in [-0.25, -0.2) is 13.1 Å². The molecule has 0 radical (unpaired) electrons. The van der Waals surface area contributed by atoms with Crippen LogP contribution in [-0.2, 0) is 16.6 Å². The van der Waals surface area contributed by atoms with Gasteiger partial charge in [0.1, 0.15) is 0 Å². The second-order valence-electron chi connectivity index (χ2n) is 4.82. The first-order chi connectivity index (χ1) is 9.53. The van der Waals surface area contributed by atoms with Crippen molar-refractivity contribution in [3.05, 3.63) is 28.8 Å². The fourth-order valence-electron chi connectivity index (χ4n) is 2.08. The van der Waals surface area contributed by atoms with E-state index in [9.17, 15) is 8.42 Å². The van der Waals surface area contributed by atoms with Gasteiger partial charge in [0.15, 0.2) is 0 Å². The summed E-state index contributed by atoms with van der Waals surface area (Å²) < 4.78 is 27.0. The molecule has 1 aromatic carbocycles. The molecule has 1 aliphatic heterocycles. The van der Waals surface area contributed by atoms with E-state index in [-0.39, 0.29) is 16.5 Å². The summed E-state index contributed by atoms with van der Waals surface area (Å²) in [7, 11) is -3.53. The number of rotatable bonds is 5. The third kappa shape index (κ3) is 4.11. The van der Waals surface area contributed by atoms with E-state index in [2.05, 4.69) is 4.72 Å². The van der Waals surface area contributed by atoms with Gasteiger partial charge < -0.3 is 5.11 Å². The number of sulfonamides is 1. The van der Waals surface area contributed by atoms with Gasteiger partial charge in [-0.1, -0.05) is 17.7 Å². The fourth-order valence-corrected chi connectivity index (χ4v) is 4.74. The Morgan fingerprint density at radius 1 is 1.35 bits per heavy atom. The molecule has 0 amide bonds. The number of hydrogen-bond acceptors (Lipinski definition) is 4. The van der Waals surface area contributed by atoms with E-state index >= 15 is 0 Å². The molecule has 0 saturated carbocycles. The molecular formula is C13H18ClNO3S2. The first-order valence-corrected chi connectivity index (χ1v) is 9.51. The molecule has 0 bridgehead atoms. The van der Waals surface area contributed by atoms with Gasteiger partial charge in [-0.15, -0.1) is 0 Å². The number of aliphatic hydroxyl groups is 1. The van der Waals surface area contributed by atoms with Crippen LogP contribution in [0.1, 0.15) is 18.4 Å². The maximum Gasteiger partial charge on any atom is 0.240 e. The molecule has 0 aliphatic carbocycles. The van der Waals surface area contributed by atoms with Crippen LogP contribution < -0.4 is 4.72 Å². The summed E-state index contributed by atoms with van der Waals surface area (Å²) in [6.45, 7) is 0.272. The minimum atomic E-state index is -3.53. The average molecular weight is 336 g/mol. The lowest BCUT2D eigenvalue weighted by molar-refractivity contribution is 0.282. The summed E-state index contributed by atoms with van der Waals surface area (Å²) in [5, 5.41) is 9.30. The maximum absolute atomic E-state index is 12.2. The summed E-state index contributed by atoms with van der Waals surface area (Å²) in [5.41, 5.74) is 0.523. The van der Waals surface area contributed by atoms with Gasteiger partial charge in [-0.2, -0.15) is 11.8 Å². The van der Waals surface area contributed by atoms with Gasteiger partial charge in [0.2, 0.25) is 10.0 Å². The van der Waals surface area contributed by atoms with Crippen molar-refractivity contribution in [2.45, 2.75) is 24.3 Å². The van der Waals surface area contributed by atoms with Gasteiger partial charge in [0.25, 0.3) is 0 Å². The van der Waals surface area contributed by atoms with E-state index in [1.165, 1.54) is 18.2 Å². The van der Waals surface area contributed by atoms with Crippen molar-refractivity contribution < 1.29 is 13.5 Å². The summed E-state index contributed by atoms with van der Waals surface area (Å²) in [4.78, 5) is 0.143. The zero-order chi connectivity index (χ0) is 14.6. The Balaban J connectivity index is 2.04. The number of benzene rings is 1. The van der Waals surface area contributed by atoms with Crippen molar-refractivity contribution in [2.75, 3.05) is 18.1 Å². The smallest absolute Gasteiger partial charge is 0.240 e. The van der Waals surface area contributed by atoms with Gasteiger partial charge in [0.05, 0.1) is 11.5 Å². The topological polar surface area (TPSA) is 66.4 Å². The van der Waals surface area contributed by atoms with Gasteiger partial charge in [0, 0.05) is 11.6 Å². The lowest BCUT2D eigenvalue weighted by Crippen LogP contribution is -2.31. The molecule has 0 atom stereocenters. The van der Waals surface area contributed by atoms with Gasteiger partial charge >= 0.3 is 0 Å². The molecule has 1 saturated heterocycles. The molecule has 112 valence electrons. The Bertz CT molecular complexity index is 557. The highest BCUT2D eigenvalue weighted by atomic mass is 35.5. The van der Waals surface area contributed by atoms with Crippen LogP contribution in [0, 0.1) is 5.92 Å². The number of aliphatic hydroxyl groups excluding tert-OH is 1. The van der Waals surface area contributed by atoms with E-state index < -0.39 is 10.0 Å². The highest BCUT2D eigenvalue weighted by Crippen LogP contribution is 2.24. The predicted octanol–water partition coefficient (Wildman–Crippen LogP) is 2.25. The molecule has 4 nitrogen and oxygen atoms in total. The molecule has 0 unspecified atom stereocenters. The first kappa shape index (κ1) is 16.1. The van der Waals surface area contributed by atoms with Crippen LogP contribution in [0.2, 0.25) is 5.02 Å². The summed E-state index contributed by atoms with van der Waals surface area (Å²) in [6.07, 6.45) is 2.11. The van der Waals surface area contributed by atoms with E-state index in [0.717, 1.165) is 24.3 Å². The lowest BCUT2D eigenvalue weighted by Gasteiger charge is -2.21. The highest BCUT2D eigenvalue weighted by Gasteiger charge is 2.19. The number of nitrogens with one attached hydrogen (secondary N) is 1. The van der Waals surface area contributed by atoms with Crippen LogP contribution in [0.15, 0.2) is 23.1 Å². The first-order valence-electron chi connectivity index (χ1n) is 6.49. The Morgan fingerprint density at radius 2 is 2.05 bits per heavy atom. The van der Waals surface area contributed by atoms with Crippen molar-refractivity contribution in [1.82, 2.24) is 4.72 Å². The normalized spacial score (nSPS) is 17.3. The van der Waals surface area contributed by atoms with Crippen molar-refractivity contribution in [1.29, 1.82) is 0 Å². The summed E-state index contributed by atoms with van der Waals surface area (Å²) in [6, 6.07) is 4.39. The Kier molecular flexibility index (Phi) is 5.74. The molecule has 20 heavy (non-hydrogen) atoms. The van der Waals surface area contributed by atoms with E-state index in [4.69, 9.17) is 16.7 Å². The van der Waals surface area contributed by atoms with Gasteiger partial charge in [-0.05, 0) is 48.0 Å². The molecule has 1 aromatic rings. The van der Waals surface area contributed by atoms with E-state index in [1.54, 1.807) is 0 Å². The quantitative estimate of drug-likeness (QED) is 0.866. The Labute approximate surface area is 129 Å². The van der Waals surface area contributed by atoms with Crippen molar-refractivity contribution in [3.8, 4) is 0 Å². The SMILES string of the molecule is O=S(=O)(NCC1CCSCC1)c1ccc(CO)c(Cl)c1. The lowest BCUT2D eigenvalue weighted by atomic mass is 10.0. The molecule has 1 fully saturated rings. The maximum atomic E-state index is 12.2. The number of thioether (sulfide) groups is 1. The second-order valence-corrected chi connectivity index (χ2v) is 8.22. The molecule has 2 rings (SSSR count). The zero-order valence-corrected chi connectivity index (χ0v) is 13.4. The number of hydrogen-bond donors (Lipinski definition) is 2. The monoisotopic (exact) mass is 335 g/mol. The molecule has 0 spiro atoms. The number of halogens is 1. The van der Waals surface area contributed by atoms with E-state index in [0.29, 0.717) is 18.0 Å². The fraction of sp³-hybridized carbons (Fsp3) is 0.538. The van der Waals surface area contributed by atoms with Crippen LogP contribution in [0.25, 0.3) is 0 Å². The zero-order valence-electron chi connectivity index (χ0n) is 11.0. The Morgan fingerprint density at radius 3 is 2.65 bits per heavy atom. The molecule has 1 heterocycles. The third-order valence-corrected chi connectivity index (χ3v) is 6.23. The highest BCUT2D eigenvalue weighted by molar-refractivity contribution is 7.99. The second kappa shape index (κ2) is 7.13. The average Bonchev–Trinajstić information content (AvgIpc) is 2.46. The van der Waals surface area contributed by atoms with E-state index in [1.807, 2.05) is 11.8 Å². The van der Waals surface area contributed by atoms with Crippen molar-refractivity contribution in [2.24, 2.45) is 5.92 Å². The van der Waals surface area contributed by atoms with Gasteiger partial charge in [-0.3, -0.25) is 0 Å². The third-order valence-electron chi connectivity index (χ3n) is 3.41. The van der Waals surface area contributed by atoms with Crippen molar-refractivity contribution >= 4 is 33.4 Å². The van der Waals surface area contributed by atoms with Crippen LogP contribution in [0.3, 0.4) is 0 Å². The molecular weight excluding hydrogens is 318 g/mol. The molecule has 2 N–H and O–H groups in total. The van der Waals surface area contributed by atoms with Crippen molar-refractivity contribution in [3.63, 3.8) is 0 Å². The summed E-state index contributed by atoms with van der Waals surface area (Å²) >= 11 is 7.85. The van der Waals surface area contributed by atoms with Crippen LogP contribution >= 0.6 is 23.4 Å². The minimum Gasteiger partial charge on any atom is -0.392 e. The summed E-state index contributed by atoms with van der Waals surface area (Å²) in [5.74, 6) is 2.62. The van der Waals surface area contributed by atoms with Crippen LogP contribution in [-0.4, -0.2) is 31.6 Å². The molecule has 0 aromatic heterocycles. The Hall–Kier alpha value is -0.270.